The van der Waals surface area contributed by atoms with Crippen LogP contribution in [0.2, 0.25) is 0 Å². The zero-order valence-electron chi connectivity index (χ0n) is 16.8. The van der Waals surface area contributed by atoms with Gasteiger partial charge in [0, 0.05) is 39.3 Å². The van der Waals surface area contributed by atoms with Crippen LogP contribution in [0.25, 0.3) is 0 Å². The predicted octanol–water partition coefficient (Wildman–Crippen LogP) is 2.34. The summed E-state index contributed by atoms with van der Waals surface area (Å²) in [5.74, 6) is 1.53. The molecule has 29 heavy (non-hydrogen) atoms. The van der Waals surface area contributed by atoms with E-state index < -0.39 is 0 Å². The van der Waals surface area contributed by atoms with Crippen LogP contribution in [-0.2, 0) is 22.6 Å². The minimum absolute atomic E-state index is 0.764. The highest BCUT2D eigenvalue weighted by Gasteiger charge is 2.12. The van der Waals surface area contributed by atoms with Crippen molar-refractivity contribution in [3.8, 4) is 11.5 Å². The lowest BCUT2D eigenvalue weighted by molar-refractivity contribution is 0.0341. The highest BCUT2D eigenvalue weighted by molar-refractivity contribution is 6.20. The van der Waals surface area contributed by atoms with Gasteiger partial charge in [0.2, 0.25) is 0 Å². The summed E-state index contributed by atoms with van der Waals surface area (Å²) >= 11 is 0. The van der Waals surface area contributed by atoms with Crippen LogP contribution in [0.1, 0.15) is 11.1 Å². The maximum Gasteiger partial charge on any atom is 0.658 e. The second kappa shape index (κ2) is 10.6. The van der Waals surface area contributed by atoms with Crippen LogP contribution in [0.15, 0.2) is 48.5 Å². The quantitative estimate of drug-likeness (QED) is 0.640. The Morgan fingerprint density at radius 3 is 1.38 bits per heavy atom. The lowest BCUT2D eigenvalue weighted by Gasteiger charge is -2.26. The van der Waals surface area contributed by atoms with Crippen molar-refractivity contribution in [3.63, 3.8) is 0 Å². The summed E-state index contributed by atoms with van der Waals surface area (Å²) < 4.78 is 22.0. The van der Waals surface area contributed by atoms with Gasteiger partial charge in [-0.3, -0.25) is 9.80 Å². The molecule has 2 aromatic rings. The molecule has 2 saturated heterocycles. The Kier molecular flexibility index (Phi) is 7.42. The molecule has 0 N–H and O–H groups in total. The van der Waals surface area contributed by atoms with Gasteiger partial charge >= 0.3 is 7.69 Å². The third-order valence-corrected chi connectivity index (χ3v) is 5.23. The highest BCUT2D eigenvalue weighted by Crippen LogP contribution is 2.16. The van der Waals surface area contributed by atoms with Crippen LogP contribution in [0, 0.1) is 0 Å². The van der Waals surface area contributed by atoms with Crippen molar-refractivity contribution in [1.82, 2.24) is 9.80 Å². The Labute approximate surface area is 173 Å². The molecule has 153 valence electrons. The van der Waals surface area contributed by atoms with Gasteiger partial charge in [0.15, 0.2) is 0 Å². The van der Waals surface area contributed by atoms with Gasteiger partial charge in [-0.1, -0.05) is 24.3 Å². The molecular weight excluding hydrogens is 367 g/mol. The smallest absolute Gasteiger partial charge is 0.526 e. The van der Waals surface area contributed by atoms with E-state index in [9.17, 15) is 0 Å². The Balaban J connectivity index is 1.18. The van der Waals surface area contributed by atoms with E-state index in [0.717, 1.165) is 77.2 Å². The molecule has 0 spiro atoms. The predicted molar refractivity (Wildman–Crippen MR) is 112 cm³/mol. The van der Waals surface area contributed by atoms with Crippen LogP contribution in [0.4, 0.5) is 0 Å². The lowest BCUT2D eigenvalue weighted by Crippen LogP contribution is -2.35. The second-order valence-electron chi connectivity index (χ2n) is 7.40. The standard InChI is InChI=1S/C22H28BN2O4/c1-5-21(6-2-19(1)17-24-9-13-26-14-10-24)28-23-29-22-7-3-20(4-8-22)18-25-11-15-27-16-12-25/h1-8H,9-18H2. The van der Waals surface area contributed by atoms with Gasteiger partial charge in [0.05, 0.1) is 26.4 Å². The molecule has 7 heteroatoms. The van der Waals surface area contributed by atoms with Crippen LogP contribution in [-0.4, -0.2) is 70.1 Å². The van der Waals surface area contributed by atoms with Gasteiger partial charge in [-0.15, -0.1) is 0 Å². The fraction of sp³-hybridized carbons (Fsp3) is 0.455. The van der Waals surface area contributed by atoms with E-state index in [1.54, 1.807) is 0 Å². The van der Waals surface area contributed by atoms with Crippen molar-refractivity contribution >= 4 is 7.69 Å². The van der Waals surface area contributed by atoms with E-state index >= 15 is 0 Å². The summed E-state index contributed by atoms with van der Waals surface area (Å²) in [7, 11) is 1.38. The molecule has 0 unspecified atom stereocenters. The van der Waals surface area contributed by atoms with Crippen LogP contribution in [0.3, 0.4) is 0 Å². The topological polar surface area (TPSA) is 43.4 Å². The monoisotopic (exact) mass is 395 g/mol. The number of ether oxygens (including phenoxy) is 2. The Morgan fingerprint density at radius 2 is 1.00 bits per heavy atom. The fourth-order valence-corrected chi connectivity index (χ4v) is 3.52. The number of rotatable bonds is 8. The molecular formula is C22H28BN2O4. The molecule has 1 radical (unpaired) electrons. The Morgan fingerprint density at radius 1 is 0.621 bits per heavy atom. The van der Waals surface area contributed by atoms with Gasteiger partial charge in [-0.25, -0.2) is 0 Å². The van der Waals surface area contributed by atoms with Crippen molar-refractivity contribution in [2.24, 2.45) is 0 Å². The summed E-state index contributed by atoms with van der Waals surface area (Å²) in [6, 6.07) is 16.3. The molecule has 0 aliphatic carbocycles. The van der Waals surface area contributed by atoms with E-state index in [1.165, 1.54) is 18.8 Å². The van der Waals surface area contributed by atoms with E-state index in [2.05, 4.69) is 34.1 Å². The first kappa shape index (κ1) is 20.2. The average Bonchev–Trinajstić information content (AvgIpc) is 2.78. The first-order chi connectivity index (χ1) is 14.3. The number of benzene rings is 2. The van der Waals surface area contributed by atoms with E-state index in [-0.39, 0.29) is 0 Å². The molecule has 0 saturated carbocycles. The van der Waals surface area contributed by atoms with Gasteiger partial charge in [-0.05, 0) is 35.4 Å². The molecule has 4 rings (SSSR count). The van der Waals surface area contributed by atoms with Crippen LogP contribution < -0.4 is 9.31 Å². The van der Waals surface area contributed by atoms with E-state index in [1.807, 2.05) is 24.3 Å². The van der Waals surface area contributed by atoms with Crippen LogP contribution in [0.5, 0.6) is 11.5 Å². The SMILES string of the molecule is [B](Oc1ccc(CN2CCOCC2)cc1)Oc1ccc(CN2CCOCC2)cc1. The molecule has 2 fully saturated rings. The average molecular weight is 395 g/mol. The number of hydrogen-bond acceptors (Lipinski definition) is 6. The molecule has 0 bridgehead atoms. The van der Waals surface area contributed by atoms with Gasteiger partial charge in [0.25, 0.3) is 0 Å². The first-order valence-electron chi connectivity index (χ1n) is 10.3. The van der Waals surface area contributed by atoms with Crippen molar-refractivity contribution in [1.29, 1.82) is 0 Å². The maximum absolute atomic E-state index is 5.60. The van der Waals surface area contributed by atoms with Crippen molar-refractivity contribution < 1.29 is 18.8 Å². The normalized spacial score (nSPS) is 18.3. The van der Waals surface area contributed by atoms with Gasteiger partial charge < -0.3 is 18.8 Å². The summed E-state index contributed by atoms with van der Waals surface area (Å²) in [6.07, 6.45) is 0. The number of hydrogen-bond donors (Lipinski definition) is 0. The molecule has 0 aromatic heterocycles. The minimum atomic E-state index is 0.764. The summed E-state index contributed by atoms with van der Waals surface area (Å²) in [6.45, 7) is 9.14. The van der Waals surface area contributed by atoms with Crippen LogP contribution >= 0.6 is 0 Å². The first-order valence-corrected chi connectivity index (χ1v) is 10.3. The molecule has 2 aromatic carbocycles. The Hall–Kier alpha value is -2.06. The number of nitrogens with zero attached hydrogens (tertiary/aromatic N) is 2. The van der Waals surface area contributed by atoms with Crippen molar-refractivity contribution in [2.45, 2.75) is 13.1 Å². The van der Waals surface area contributed by atoms with Crippen molar-refractivity contribution in [2.75, 3.05) is 52.6 Å². The third kappa shape index (κ3) is 6.47. The Bertz CT molecular complexity index is 666. The van der Waals surface area contributed by atoms with E-state index in [4.69, 9.17) is 18.8 Å². The molecule has 0 amide bonds. The zero-order chi connectivity index (χ0) is 19.7. The maximum atomic E-state index is 5.60. The largest absolute Gasteiger partial charge is 0.658 e. The van der Waals surface area contributed by atoms with Gasteiger partial charge in [-0.2, -0.15) is 0 Å². The summed E-state index contributed by atoms with van der Waals surface area (Å²) in [5, 5.41) is 0. The third-order valence-electron chi connectivity index (χ3n) is 5.23. The summed E-state index contributed by atoms with van der Waals surface area (Å²) in [5.41, 5.74) is 2.55. The molecule has 2 aliphatic rings. The molecule has 0 atom stereocenters. The second-order valence-corrected chi connectivity index (χ2v) is 7.40. The minimum Gasteiger partial charge on any atom is -0.526 e. The van der Waals surface area contributed by atoms with Crippen molar-refractivity contribution in [3.05, 3.63) is 59.7 Å². The number of morpholine rings is 2. The molecule has 2 aliphatic heterocycles. The fourth-order valence-electron chi connectivity index (χ4n) is 3.52. The summed E-state index contributed by atoms with van der Waals surface area (Å²) in [4.78, 5) is 4.80. The highest BCUT2D eigenvalue weighted by atomic mass is 16.6. The molecule has 2 heterocycles. The van der Waals surface area contributed by atoms with E-state index in [0.29, 0.717) is 0 Å². The zero-order valence-corrected chi connectivity index (χ0v) is 16.8. The molecule has 6 nitrogen and oxygen atoms in total. The lowest BCUT2D eigenvalue weighted by atomic mass is 10.2. The van der Waals surface area contributed by atoms with Gasteiger partial charge in [0.1, 0.15) is 11.5 Å².